The molecular formula is C8H10N2. The maximum Gasteiger partial charge on any atom is 0.0785 e. The molecular weight excluding hydrogens is 124 g/mol. The molecule has 2 heterocycles. The summed E-state index contributed by atoms with van der Waals surface area (Å²) >= 11 is 0. The fourth-order valence-corrected chi connectivity index (χ4v) is 1.34. The molecule has 1 saturated heterocycles. The predicted octanol–water partition coefficient (Wildman–Crippen LogP) is 1.51. The van der Waals surface area contributed by atoms with Gasteiger partial charge in [0, 0.05) is 12.6 Å². The number of fused-ring (bicyclic) bond motifs is 1. The van der Waals surface area contributed by atoms with Gasteiger partial charge in [0.15, 0.2) is 0 Å². The second kappa shape index (κ2) is 2.31. The van der Waals surface area contributed by atoms with Crippen LogP contribution in [0.2, 0.25) is 0 Å². The molecule has 0 unspecified atom stereocenters. The molecule has 0 spiro atoms. The zero-order valence-electron chi connectivity index (χ0n) is 5.88. The van der Waals surface area contributed by atoms with Crippen LogP contribution in [0.4, 0.5) is 0 Å². The Morgan fingerprint density at radius 3 is 3.40 bits per heavy atom. The minimum atomic E-state index is 1.08. The summed E-state index contributed by atoms with van der Waals surface area (Å²) in [4.78, 5) is 0. The van der Waals surface area contributed by atoms with Crippen LogP contribution in [0.1, 0.15) is 19.3 Å². The third-order valence-corrected chi connectivity index (χ3v) is 1.88. The fraction of sp³-hybridized carbons (Fsp3) is 0.500. The summed E-state index contributed by atoms with van der Waals surface area (Å²) in [5, 5.41) is 6.25. The highest BCUT2D eigenvalue weighted by Crippen LogP contribution is 2.20. The molecule has 2 heteroatoms. The molecule has 0 aromatic rings. The van der Waals surface area contributed by atoms with Crippen molar-refractivity contribution in [3.8, 4) is 0 Å². The number of hydrazone groups is 1. The molecule has 10 heavy (non-hydrogen) atoms. The molecule has 0 aromatic heterocycles. The van der Waals surface area contributed by atoms with Crippen LogP contribution in [0.15, 0.2) is 22.6 Å². The van der Waals surface area contributed by atoms with E-state index in [4.69, 9.17) is 0 Å². The van der Waals surface area contributed by atoms with Gasteiger partial charge in [0.2, 0.25) is 0 Å². The molecule has 0 aromatic carbocycles. The van der Waals surface area contributed by atoms with Gasteiger partial charge in [-0.2, -0.15) is 5.10 Å². The van der Waals surface area contributed by atoms with Crippen LogP contribution >= 0.6 is 0 Å². The first-order valence-electron chi connectivity index (χ1n) is 3.72. The van der Waals surface area contributed by atoms with Crippen LogP contribution in [-0.4, -0.2) is 17.8 Å². The molecule has 0 N–H and O–H groups in total. The molecule has 0 aliphatic carbocycles. The zero-order chi connectivity index (χ0) is 6.81. The topological polar surface area (TPSA) is 15.6 Å². The van der Waals surface area contributed by atoms with Crippen LogP contribution in [0.3, 0.4) is 0 Å². The van der Waals surface area contributed by atoms with Gasteiger partial charge < -0.3 is 0 Å². The van der Waals surface area contributed by atoms with Gasteiger partial charge in [0.1, 0.15) is 0 Å². The molecule has 0 atom stereocenters. The van der Waals surface area contributed by atoms with Crippen LogP contribution in [0, 0.1) is 0 Å². The number of piperidine rings is 1. The summed E-state index contributed by atoms with van der Waals surface area (Å²) < 4.78 is 0. The van der Waals surface area contributed by atoms with E-state index in [1.54, 1.807) is 6.21 Å². The van der Waals surface area contributed by atoms with E-state index in [9.17, 15) is 0 Å². The van der Waals surface area contributed by atoms with Crippen LogP contribution in [0.25, 0.3) is 0 Å². The van der Waals surface area contributed by atoms with E-state index < -0.39 is 0 Å². The molecule has 1 fully saturated rings. The average Bonchev–Trinajstić information content (AvgIpc) is 2.05. The van der Waals surface area contributed by atoms with E-state index in [0.29, 0.717) is 0 Å². The van der Waals surface area contributed by atoms with E-state index >= 15 is 0 Å². The first-order chi connectivity index (χ1) is 4.97. The molecule has 0 radical (unpaired) electrons. The Hall–Kier alpha value is -1.01. The first kappa shape index (κ1) is 5.75. The average molecular weight is 134 g/mol. The highest BCUT2D eigenvalue weighted by atomic mass is 15.5. The van der Waals surface area contributed by atoms with E-state index in [1.807, 2.05) is 11.1 Å². The summed E-state index contributed by atoms with van der Waals surface area (Å²) in [6.07, 6.45) is 7.39. The summed E-state index contributed by atoms with van der Waals surface area (Å²) in [5.41, 5.74) is 4.45. The number of rotatable bonds is 0. The van der Waals surface area contributed by atoms with Crippen LogP contribution in [0.5, 0.6) is 0 Å². The molecule has 2 nitrogen and oxygen atoms in total. The summed E-state index contributed by atoms with van der Waals surface area (Å²) in [6, 6.07) is 0. The SMILES string of the molecule is C1=CC=NN2CCCCC=12. The lowest BCUT2D eigenvalue weighted by Crippen LogP contribution is -2.23. The van der Waals surface area contributed by atoms with E-state index in [2.05, 4.69) is 10.8 Å². The first-order valence-corrected chi connectivity index (χ1v) is 3.72. The van der Waals surface area contributed by atoms with Gasteiger partial charge in [0.25, 0.3) is 0 Å². The van der Waals surface area contributed by atoms with Gasteiger partial charge in [-0.1, -0.05) is 5.73 Å². The number of hydrogen-bond acceptors (Lipinski definition) is 2. The van der Waals surface area contributed by atoms with Crippen LogP contribution in [-0.2, 0) is 0 Å². The van der Waals surface area contributed by atoms with Crippen molar-refractivity contribution in [3.63, 3.8) is 0 Å². The quantitative estimate of drug-likeness (QED) is 0.458. The van der Waals surface area contributed by atoms with Crippen molar-refractivity contribution in [2.75, 3.05) is 6.54 Å². The maximum atomic E-state index is 4.20. The number of allylic oxidation sites excluding steroid dienone is 1. The molecule has 0 saturated carbocycles. The van der Waals surface area contributed by atoms with Gasteiger partial charge in [-0.15, -0.1) is 0 Å². The summed E-state index contributed by atoms with van der Waals surface area (Å²) in [6.45, 7) is 1.08. The minimum Gasteiger partial charge on any atom is -0.262 e. The maximum absolute atomic E-state index is 4.20. The Morgan fingerprint density at radius 1 is 1.50 bits per heavy atom. The predicted molar refractivity (Wildman–Crippen MR) is 40.6 cm³/mol. The van der Waals surface area contributed by atoms with Crippen molar-refractivity contribution < 1.29 is 0 Å². The monoisotopic (exact) mass is 134 g/mol. The van der Waals surface area contributed by atoms with Crippen LogP contribution < -0.4 is 0 Å². The minimum absolute atomic E-state index is 1.08. The normalized spacial score (nSPS) is 22.4. The molecule has 2 rings (SSSR count). The van der Waals surface area contributed by atoms with Gasteiger partial charge in [-0.25, -0.2) is 0 Å². The Bertz CT molecular complexity index is 221. The van der Waals surface area contributed by atoms with Crippen molar-refractivity contribution in [2.45, 2.75) is 19.3 Å². The highest BCUT2D eigenvalue weighted by Gasteiger charge is 2.13. The number of nitrogens with zero attached hydrogens (tertiary/aromatic N) is 2. The molecule has 0 bridgehead atoms. The van der Waals surface area contributed by atoms with Crippen molar-refractivity contribution >= 4 is 6.21 Å². The largest absolute Gasteiger partial charge is 0.262 e. The van der Waals surface area contributed by atoms with Gasteiger partial charge in [-0.3, -0.25) is 5.01 Å². The lowest BCUT2D eigenvalue weighted by Gasteiger charge is -2.26. The molecule has 52 valence electrons. The summed E-state index contributed by atoms with van der Waals surface area (Å²) in [7, 11) is 0. The van der Waals surface area contributed by atoms with E-state index in [0.717, 1.165) is 13.0 Å². The number of hydrogen-bond donors (Lipinski definition) is 0. The van der Waals surface area contributed by atoms with Crippen molar-refractivity contribution in [2.24, 2.45) is 5.10 Å². The lowest BCUT2D eigenvalue weighted by atomic mass is 10.1. The Kier molecular flexibility index (Phi) is 1.33. The lowest BCUT2D eigenvalue weighted by molar-refractivity contribution is 0.305. The van der Waals surface area contributed by atoms with Gasteiger partial charge >= 0.3 is 0 Å². The zero-order valence-corrected chi connectivity index (χ0v) is 5.88. The van der Waals surface area contributed by atoms with Crippen molar-refractivity contribution in [3.05, 3.63) is 17.5 Å². The third-order valence-electron chi connectivity index (χ3n) is 1.88. The van der Waals surface area contributed by atoms with Gasteiger partial charge in [-0.05, 0) is 19.3 Å². The van der Waals surface area contributed by atoms with Crippen molar-refractivity contribution in [1.29, 1.82) is 0 Å². The molecule has 2 aliphatic heterocycles. The molecule has 2 aliphatic rings. The third kappa shape index (κ3) is 0.869. The van der Waals surface area contributed by atoms with E-state index in [-0.39, 0.29) is 0 Å². The van der Waals surface area contributed by atoms with E-state index in [1.165, 1.54) is 18.5 Å². The second-order valence-electron chi connectivity index (χ2n) is 2.60. The smallest absolute Gasteiger partial charge is 0.0785 e. The Labute approximate surface area is 60.5 Å². The fourth-order valence-electron chi connectivity index (χ4n) is 1.34. The standard InChI is InChI=1S/C8H10N2/c1-2-7-10-8(4-1)5-3-6-9-10/h3,6H,1-2,4,7H2. The summed E-state index contributed by atoms with van der Waals surface area (Å²) in [5.74, 6) is 0. The Morgan fingerprint density at radius 2 is 2.50 bits per heavy atom. The molecule has 0 amide bonds. The van der Waals surface area contributed by atoms with Gasteiger partial charge in [0.05, 0.1) is 11.9 Å². The second-order valence-corrected chi connectivity index (χ2v) is 2.60. The Balaban J connectivity index is 2.27. The highest BCUT2D eigenvalue weighted by molar-refractivity contribution is 5.71. The van der Waals surface area contributed by atoms with Crippen molar-refractivity contribution in [1.82, 2.24) is 5.01 Å².